The van der Waals surface area contributed by atoms with E-state index in [0.29, 0.717) is 0 Å². The van der Waals surface area contributed by atoms with Crippen LogP contribution in [0.1, 0.15) is 5.82 Å². The summed E-state index contributed by atoms with van der Waals surface area (Å²) in [5.41, 5.74) is 2.09. The van der Waals surface area contributed by atoms with Crippen LogP contribution < -0.4 is 0 Å². The molecule has 1 aromatic heterocycles. The average Bonchev–Trinajstić information content (AvgIpc) is 2.30. The fourth-order valence-electron chi connectivity index (χ4n) is 1.19. The number of imidazole rings is 1. The second kappa shape index (κ2) is 3.29. The van der Waals surface area contributed by atoms with Crippen LogP contribution in [0.4, 0.5) is 0 Å². The average molecular weight is 204 g/mol. The molecule has 0 spiro atoms. The molecule has 2 aromatic rings. The van der Waals surface area contributed by atoms with E-state index in [2.05, 4.69) is 15.6 Å². The molecule has 2 nitrogen and oxygen atoms in total. The molecule has 1 aromatic carbocycles. The normalized spacial score (nSPS) is 9.83. The van der Waals surface area contributed by atoms with Crippen molar-refractivity contribution in [3.63, 3.8) is 0 Å². The largest absolute Gasteiger partial charge is 0.385 e. The summed E-state index contributed by atoms with van der Waals surface area (Å²) >= 11 is 0. The minimum Gasteiger partial charge on any atom is -0.385 e. The van der Waals surface area contributed by atoms with E-state index in [-0.39, 0.29) is 16.8 Å². The summed E-state index contributed by atoms with van der Waals surface area (Å²) in [5.74, 6) is 1.03. The van der Waals surface area contributed by atoms with Crippen molar-refractivity contribution in [1.29, 1.82) is 0 Å². The van der Waals surface area contributed by atoms with Gasteiger partial charge in [0, 0.05) is 23.8 Å². The quantitative estimate of drug-likeness (QED) is 0.597. The van der Waals surface area contributed by atoms with Crippen molar-refractivity contribution >= 4 is 11.0 Å². The Balaban J connectivity index is 0.000000720. The van der Waals surface area contributed by atoms with Gasteiger partial charge in [-0.2, -0.15) is 18.2 Å². The van der Waals surface area contributed by atoms with E-state index in [4.69, 9.17) is 0 Å². The van der Waals surface area contributed by atoms with Crippen LogP contribution in [0.2, 0.25) is 0 Å². The van der Waals surface area contributed by atoms with Crippen LogP contribution in [0.25, 0.3) is 11.0 Å². The van der Waals surface area contributed by atoms with Gasteiger partial charge >= 0.3 is 0 Å². The number of benzene rings is 1. The monoisotopic (exact) mass is 204 g/mol. The molecule has 0 aliphatic heterocycles. The summed E-state index contributed by atoms with van der Waals surface area (Å²) < 4.78 is 2.06. The molecular weight excluding hydrogens is 195 g/mol. The Bertz CT molecular complexity index is 392. The number of para-hydroxylation sites is 1. The SMILES string of the molecule is Cc1nc2[c-]cccc2n1C.[Co]. The minimum absolute atomic E-state index is 0. The molecule has 1 heterocycles. The predicted octanol–water partition coefficient (Wildman–Crippen LogP) is 1.68. The van der Waals surface area contributed by atoms with Gasteiger partial charge in [0.05, 0.1) is 5.82 Å². The van der Waals surface area contributed by atoms with Crippen molar-refractivity contribution < 1.29 is 16.8 Å². The van der Waals surface area contributed by atoms with Gasteiger partial charge in [0.15, 0.2) is 0 Å². The fraction of sp³-hybridized carbons (Fsp3) is 0.222. The van der Waals surface area contributed by atoms with Gasteiger partial charge in [-0.25, -0.2) is 0 Å². The number of rotatable bonds is 0. The van der Waals surface area contributed by atoms with E-state index in [0.717, 1.165) is 16.9 Å². The molecule has 0 N–H and O–H groups in total. The Labute approximate surface area is 81.8 Å². The number of nitrogens with zero attached hydrogens (tertiary/aromatic N) is 2. The van der Waals surface area contributed by atoms with Crippen LogP contribution in [0.15, 0.2) is 18.2 Å². The van der Waals surface area contributed by atoms with E-state index in [1.54, 1.807) is 0 Å². The predicted molar refractivity (Wildman–Crippen MR) is 44.3 cm³/mol. The zero-order valence-corrected chi connectivity index (χ0v) is 8.00. The van der Waals surface area contributed by atoms with Gasteiger partial charge in [0.2, 0.25) is 0 Å². The number of hydrogen-bond donors (Lipinski definition) is 0. The molecular formula is C9H9CoN2-. The molecule has 12 heavy (non-hydrogen) atoms. The van der Waals surface area contributed by atoms with Crippen molar-refractivity contribution in [2.75, 3.05) is 0 Å². The maximum absolute atomic E-state index is 4.32. The maximum atomic E-state index is 4.32. The summed E-state index contributed by atoms with van der Waals surface area (Å²) in [4.78, 5) is 4.32. The molecule has 0 unspecified atom stereocenters. The zero-order valence-electron chi connectivity index (χ0n) is 6.96. The first-order chi connectivity index (χ1) is 5.29. The van der Waals surface area contributed by atoms with E-state index in [1.807, 2.05) is 32.2 Å². The van der Waals surface area contributed by atoms with E-state index in [1.165, 1.54) is 0 Å². The third-order valence-corrected chi connectivity index (χ3v) is 1.93. The van der Waals surface area contributed by atoms with Crippen molar-refractivity contribution in [2.45, 2.75) is 6.92 Å². The molecule has 0 atom stereocenters. The van der Waals surface area contributed by atoms with E-state index >= 15 is 0 Å². The van der Waals surface area contributed by atoms with Crippen LogP contribution in [-0.4, -0.2) is 9.55 Å². The second-order valence-corrected chi connectivity index (χ2v) is 2.62. The number of aryl methyl sites for hydroxylation is 2. The Morgan fingerprint density at radius 3 is 2.92 bits per heavy atom. The second-order valence-electron chi connectivity index (χ2n) is 2.62. The molecule has 65 valence electrons. The zero-order chi connectivity index (χ0) is 7.84. The number of fused-ring (bicyclic) bond motifs is 1. The third kappa shape index (κ3) is 1.25. The Kier molecular flexibility index (Phi) is 2.54. The van der Waals surface area contributed by atoms with Crippen molar-refractivity contribution in [1.82, 2.24) is 9.55 Å². The first kappa shape index (κ1) is 9.29. The molecule has 0 fully saturated rings. The molecule has 0 bridgehead atoms. The summed E-state index contributed by atoms with van der Waals surface area (Å²) in [6.45, 7) is 1.99. The van der Waals surface area contributed by atoms with Gasteiger partial charge in [0.1, 0.15) is 0 Å². The third-order valence-electron chi connectivity index (χ3n) is 1.93. The summed E-state index contributed by atoms with van der Waals surface area (Å²) in [6.07, 6.45) is 0. The number of hydrogen-bond acceptors (Lipinski definition) is 1. The van der Waals surface area contributed by atoms with Crippen molar-refractivity contribution in [3.05, 3.63) is 30.1 Å². The molecule has 0 aliphatic rings. The smallest absolute Gasteiger partial charge is 0.0924 e. The standard InChI is InChI=1S/C9H9N2.Co/c1-7-10-8-5-3-4-6-9(8)11(7)2;/h3-4,6H,1-2H3;/q-1;. The molecule has 0 amide bonds. The van der Waals surface area contributed by atoms with Gasteiger partial charge in [-0.1, -0.05) is 0 Å². The van der Waals surface area contributed by atoms with Crippen LogP contribution in [-0.2, 0) is 23.8 Å². The van der Waals surface area contributed by atoms with Gasteiger partial charge < -0.3 is 4.57 Å². The Hall–Kier alpha value is -0.804. The van der Waals surface area contributed by atoms with Crippen LogP contribution in [0.5, 0.6) is 0 Å². The molecule has 3 heteroatoms. The summed E-state index contributed by atoms with van der Waals surface area (Å²) in [6, 6.07) is 8.99. The number of aromatic nitrogens is 2. The van der Waals surface area contributed by atoms with Gasteiger partial charge in [-0.3, -0.25) is 4.98 Å². The molecule has 1 radical (unpaired) electrons. The maximum Gasteiger partial charge on any atom is 0.0924 e. The van der Waals surface area contributed by atoms with E-state index < -0.39 is 0 Å². The van der Waals surface area contributed by atoms with Crippen molar-refractivity contribution in [2.24, 2.45) is 7.05 Å². The summed E-state index contributed by atoms with van der Waals surface area (Å²) in [5, 5.41) is 0. The first-order valence-corrected chi connectivity index (χ1v) is 3.59. The molecule has 0 aliphatic carbocycles. The van der Waals surface area contributed by atoms with Gasteiger partial charge in [-0.05, 0) is 18.0 Å². The first-order valence-electron chi connectivity index (χ1n) is 3.59. The van der Waals surface area contributed by atoms with Gasteiger partial charge in [-0.15, -0.1) is 6.07 Å². The Morgan fingerprint density at radius 2 is 2.25 bits per heavy atom. The Morgan fingerprint density at radius 1 is 1.50 bits per heavy atom. The van der Waals surface area contributed by atoms with Gasteiger partial charge in [0.25, 0.3) is 0 Å². The fourth-order valence-corrected chi connectivity index (χ4v) is 1.19. The van der Waals surface area contributed by atoms with Crippen LogP contribution in [0, 0.1) is 13.0 Å². The summed E-state index contributed by atoms with van der Waals surface area (Å²) in [7, 11) is 2.01. The van der Waals surface area contributed by atoms with Crippen LogP contribution >= 0.6 is 0 Å². The van der Waals surface area contributed by atoms with Crippen LogP contribution in [0.3, 0.4) is 0 Å². The van der Waals surface area contributed by atoms with E-state index in [9.17, 15) is 0 Å². The molecule has 0 saturated carbocycles. The molecule has 0 saturated heterocycles. The molecule has 2 rings (SSSR count). The topological polar surface area (TPSA) is 17.8 Å². The minimum atomic E-state index is 0. The van der Waals surface area contributed by atoms with Crippen molar-refractivity contribution in [3.8, 4) is 0 Å².